The van der Waals surface area contributed by atoms with Gasteiger partial charge >= 0.3 is 0 Å². The largest absolute Gasteiger partial charge is 0.399 e. The maximum absolute atomic E-state index is 13.7. The lowest BCUT2D eigenvalue weighted by Crippen LogP contribution is -2.37. The summed E-state index contributed by atoms with van der Waals surface area (Å²) in [5.41, 5.74) is 5.48. The van der Waals surface area contributed by atoms with E-state index in [1.54, 1.807) is 11.9 Å². The lowest BCUT2D eigenvalue weighted by molar-refractivity contribution is 0.0852. The summed E-state index contributed by atoms with van der Waals surface area (Å²) in [6.07, 6.45) is 1.56. The fourth-order valence-corrected chi connectivity index (χ4v) is 2.18. The van der Waals surface area contributed by atoms with Gasteiger partial charge in [0, 0.05) is 32.0 Å². The number of benzene rings is 1. The highest BCUT2D eigenvalue weighted by molar-refractivity contribution is 5.56. The Morgan fingerprint density at radius 3 is 2.29 bits per heavy atom. The Bertz CT molecular complexity index is 382. The van der Waals surface area contributed by atoms with E-state index in [1.807, 2.05) is 0 Å². The average Bonchev–Trinajstić information content (AvgIpc) is 2.28. The van der Waals surface area contributed by atoms with Crippen LogP contribution < -0.4 is 10.6 Å². The van der Waals surface area contributed by atoms with Gasteiger partial charge in [0.15, 0.2) is 11.6 Å². The molecule has 2 N–H and O–H groups in total. The monoisotopic (exact) mass is 242 g/mol. The molecule has 1 heterocycles. The van der Waals surface area contributed by atoms with Gasteiger partial charge < -0.3 is 15.4 Å². The minimum atomic E-state index is -0.614. The molecule has 0 spiro atoms. The highest BCUT2D eigenvalue weighted by Gasteiger charge is 2.23. The highest BCUT2D eigenvalue weighted by Crippen LogP contribution is 2.28. The third-order valence-electron chi connectivity index (χ3n) is 3.13. The zero-order valence-electron chi connectivity index (χ0n) is 9.75. The molecule has 0 aromatic heterocycles. The van der Waals surface area contributed by atoms with Gasteiger partial charge in [-0.3, -0.25) is 0 Å². The first-order valence-electron chi connectivity index (χ1n) is 5.64. The van der Waals surface area contributed by atoms with Crippen LogP contribution in [-0.2, 0) is 4.74 Å². The lowest BCUT2D eigenvalue weighted by Gasteiger charge is -2.33. The molecule has 1 aliphatic heterocycles. The van der Waals surface area contributed by atoms with Crippen LogP contribution in [0.25, 0.3) is 0 Å². The molecule has 0 amide bonds. The minimum Gasteiger partial charge on any atom is -0.399 e. The average molecular weight is 242 g/mol. The van der Waals surface area contributed by atoms with E-state index >= 15 is 0 Å². The number of nitrogens with zero attached hydrogens (tertiary/aromatic N) is 1. The topological polar surface area (TPSA) is 38.5 Å². The molecule has 94 valence electrons. The number of halogens is 2. The van der Waals surface area contributed by atoms with Crippen molar-refractivity contribution in [2.24, 2.45) is 0 Å². The second-order valence-corrected chi connectivity index (χ2v) is 4.29. The third kappa shape index (κ3) is 2.49. The summed E-state index contributed by atoms with van der Waals surface area (Å²) < 4.78 is 32.7. The molecular weight excluding hydrogens is 226 g/mol. The molecule has 1 fully saturated rings. The Labute approximate surface area is 99.2 Å². The Morgan fingerprint density at radius 1 is 1.24 bits per heavy atom. The van der Waals surface area contributed by atoms with Gasteiger partial charge in [0.1, 0.15) is 5.69 Å². The smallest absolute Gasteiger partial charge is 0.151 e. The van der Waals surface area contributed by atoms with Crippen LogP contribution in [-0.4, -0.2) is 26.3 Å². The number of nitrogens with two attached hydrogens (primary N) is 1. The maximum atomic E-state index is 13.7. The summed E-state index contributed by atoms with van der Waals surface area (Å²) in [7, 11) is 1.70. The standard InChI is InChI=1S/C12H16F2N2O/c1-16(9-2-4-17-5-3-9)12-10(13)6-8(15)7-11(12)14/h6-7,9H,2-5,15H2,1H3. The molecule has 0 atom stereocenters. The number of anilines is 2. The molecule has 17 heavy (non-hydrogen) atoms. The van der Waals surface area contributed by atoms with E-state index in [9.17, 15) is 8.78 Å². The van der Waals surface area contributed by atoms with E-state index < -0.39 is 11.6 Å². The molecule has 0 unspecified atom stereocenters. The molecule has 1 aliphatic rings. The van der Waals surface area contributed by atoms with Crippen molar-refractivity contribution < 1.29 is 13.5 Å². The van der Waals surface area contributed by atoms with Crippen LogP contribution in [0.1, 0.15) is 12.8 Å². The Hall–Kier alpha value is -1.36. The van der Waals surface area contributed by atoms with Crippen molar-refractivity contribution >= 4 is 11.4 Å². The van der Waals surface area contributed by atoms with Crippen molar-refractivity contribution in [1.29, 1.82) is 0 Å². The van der Waals surface area contributed by atoms with Crippen molar-refractivity contribution in [3.8, 4) is 0 Å². The fourth-order valence-electron chi connectivity index (χ4n) is 2.18. The Balaban J connectivity index is 2.26. The van der Waals surface area contributed by atoms with Gasteiger partial charge in [-0.15, -0.1) is 0 Å². The van der Waals surface area contributed by atoms with Crippen LogP contribution >= 0.6 is 0 Å². The van der Waals surface area contributed by atoms with Gasteiger partial charge in [0.05, 0.1) is 0 Å². The van der Waals surface area contributed by atoms with Gasteiger partial charge in [-0.2, -0.15) is 0 Å². The predicted octanol–water partition coefficient (Wildman–Crippen LogP) is 2.16. The molecule has 0 radical (unpaired) electrons. The van der Waals surface area contributed by atoms with Crippen LogP contribution in [0.15, 0.2) is 12.1 Å². The number of ether oxygens (including phenoxy) is 1. The SMILES string of the molecule is CN(c1c(F)cc(N)cc1F)C1CCOCC1. The molecule has 0 saturated carbocycles. The molecule has 1 saturated heterocycles. The summed E-state index contributed by atoms with van der Waals surface area (Å²) in [6, 6.07) is 2.40. The zero-order chi connectivity index (χ0) is 12.4. The highest BCUT2D eigenvalue weighted by atomic mass is 19.1. The minimum absolute atomic E-state index is 0.00824. The lowest BCUT2D eigenvalue weighted by atomic mass is 10.1. The van der Waals surface area contributed by atoms with Gasteiger partial charge in [0.2, 0.25) is 0 Å². The molecule has 2 rings (SSSR count). The molecule has 1 aromatic carbocycles. The molecule has 3 nitrogen and oxygen atoms in total. The number of hydrogen-bond acceptors (Lipinski definition) is 3. The normalized spacial score (nSPS) is 17.1. The zero-order valence-corrected chi connectivity index (χ0v) is 9.75. The van der Waals surface area contributed by atoms with Crippen LogP contribution in [0, 0.1) is 11.6 Å². The van der Waals surface area contributed by atoms with Gasteiger partial charge in [-0.05, 0) is 25.0 Å². The van der Waals surface area contributed by atoms with Crippen LogP contribution in [0.4, 0.5) is 20.2 Å². The quantitative estimate of drug-likeness (QED) is 0.808. The summed E-state index contributed by atoms with van der Waals surface area (Å²) in [6.45, 7) is 1.26. The first-order chi connectivity index (χ1) is 8.09. The molecular formula is C12H16F2N2O. The third-order valence-corrected chi connectivity index (χ3v) is 3.13. The van der Waals surface area contributed by atoms with Crippen LogP contribution in [0.3, 0.4) is 0 Å². The molecule has 0 aliphatic carbocycles. The first-order valence-corrected chi connectivity index (χ1v) is 5.64. The van der Waals surface area contributed by atoms with Crippen molar-refractivity contribution in [1.82, 2.24) is 0 Å². The molecule has 1 aromatic rings. The molecule has 0 bridgehead atoms. The van der Waals surface area contributed by atoms with Gasteiger partial charge in [-0.1, -0.05) is 0 Å². The van der Waals surface area contributed by atoms with Crippen molar-refractivity contribution in [2.75, 3.05) is 30.9 Å². The second kappa shape index (κ2) is 4.87. The Morgan fingerprint density at radius 2 is 1.76 bits per heavy atom. The number of hydrogen-bond donors (Lipinski definition) is 1. The van der Waals surface area contributed by atoms with Crippen molar-refractivity contribution in [3.05, 3.63) is 23.8 Å². The van der Waals surface area contributed by atoms with Crippen molar-refractivity contribution in [3.63, 3.8) is 0 Å². The van der Waals surface area contributed by atoms with E-state index in [-0.39, 0.29) is 17.4 Å². The van der Waals surface area contributed by atoms with Crippen LogP contribution in [0.5, 0.6) is 0 Å². The summed E-state index contributed by atoms with van der Waals surface area (Å²) in [5, 5.41) is 0. The maximum Gasteiger partial charge on any atom is 0.151 e. The number of rotatable bonds is 2. The predicted molar refractivity (Wildman–Crippen MR) is 63.0 cm³/mol. The van der Waals surface area contributed by atoms with E-state index in [0.29, 0.717) is 13.2 Å². The van der Waals surface area contributed by atoms with E-state index in [0.717, 1.165) is 25.0 Å². The molecule has 5 heteroatoms. The van der Waals surface area contributed by atoms with E-state index in [4.69, 9.17) is 10.5 Å². The van der Waals surface area contributed by atoms with E-state index in [1.165, 1.54) is 0 Å². The summed E-state index contributed by atoms with van der Waals surface area (Å²) in [5.74, 6) is -1.23. The second-order valence-electron chi connectivity index (χ2n) is 4.29. The van der Waals surface area contributed by atoms with Gasteiger partial charge in [0.25, 0.3) is 0 Å². The van der Waals surface area contributed by atoms with Gasteiger partial charge in [-0.25, -0.2) is 8.78 Å². The van der Waals surface area contributed by atoms with E-state index in [2.05, 4.69) is 0 Å². The van der Waals surface area contributed by atoms with Crippen molar-refractivity contribution in [2.45, 2.75) is 18.9 Å². The van der Waals surface area contributed by atoms with Crippen LogP contribution in [0.2, 0.25) is 0 Å². The fraction of sp³-hybridized carbons (Fsp3) is 0.500. The first kappa shape index (κ1) is 12.1. The summed E-state index contributed by atoms with van der Waals surface area (Å²) in [4.78, 5) is 1.65. The Kier molecular flexibility index (Phi) is 3.47. The number of nitrogen functional groups attached to an aromatic ring is 1. The summed E-state index contributed by atoms with van der Waals surface area (Å²) >= 11 is 0.